The zero-order valence-corrected chi connectivity index (χ0v) is 14.2. The molecule has 122 valence electrons. The fourth-order valence-electron chi connectivity index (χ4n) is 3.38. The van der Waals surface area contributed by atoms with Gasteiger partial charge in [0.25, 0.3) is 5.69 Å². The number of hydrogen-bond donors (Lipinski definition) is 0. The monoisotopic (exact) mass is 319 g/mol. The number of benzene rings is 1. The number of nitro groups is 1. The van der Waals surface area contributed by atoms with Gasteiger partial charge in [0.2, 0.25) is 0 Å². The lowest BCUT2D eigenvalue weighted by Crippen LogP contribution is -1.97. The first-order chi connectivity index (χ1) is 11.5. The molecular weight excluding hydrogens is 298 g/mol. The third kappa shape index (κ3) is 2.78. The van der Waals surface area contributed by atoms with Crippen LogP contribution in [0.1, 0.15) is 25.0 Å². The van der Waals surface area contributed by atoms with Gasteiger partial charge in [-0.15, -0.1) is 0 Å². The fraction of sp³-hybridized carbons (Fsp3) is 0.238. The molecular formula is C21H21NO2. The lowest BCUT2D eigenvalue weighted by molar-refractivity contribution is -0.383. The summed E-state index contributed by atoms with van der Waals surface area (Å²) < 4.78 is 0. The van der Waals surface area contributed by atoms with E-state index < -0.39 is 0 Å². The van der Waals surface area contributed by atoms with Gasteiger partial charge in [-0.25, -0.2) is 0 Å². The highest BCUT2D eigenvalue weighted by Crippen LogP contribution is 2.48. The highest BCUT2D eigenvalue weighted by atomic mass is 16.6. The number of nitrogens with zero attached hydrogens (tertiary/aromatic N) is 1. The molecule has 0 atom stereocenters. The SMILES string of the molecule is Cc1ccccc1-c1c(CC(C)C)c2cccccc-2c1[N+](=O)[O-]. The average Bonchev–Trinajstić information content (AvgIpc) is 2.68. The number of fused-ring (bicyclic) bond motifs is 1. The van der Waals surface area contributed by atoms with Crippen molar-refractivity contribution in [2.45, 2.75) is 27.2 Å². The second-order valence-electron chi connectivity index (χ2n) is 6.61. The van der Waals surface area contributed by atoms with Crippen LogP contribution in [0.4, 0.5) is 5.69 Å². The molecule has 0 N–H and O–H groups in total. The van der Waals surface area contributed by atoms with Crippen molar-refractivity contribution in [1.82, 2.24) is 0 Å². The zero-order chi connectivity index (χ0) is 17.3. The first-order valence-corrected chi connectivity index (χ1v) is 8.24. The molecule has 24 heavy (non-hydrogen) atoms. The van der Waals surface area contributed by atoms with Crippen LogP contribution in [0.25, 0.3) is 22.3 Å². The van der Waals surface area contributed by atoms with Crippen LogP contribution < -0.4 is 0 Å². The third-order valence-electron chi connectivity index (χ3n) is 4.37. The lowest BCUT2D eigenvalue weighted by Gasteiger charge is -2.10. The average molecular weight is 319 g/mol. The standard InChI is InChI=1S/C21H21NO2/c1-14(2)13-19-17-11-5-4-6-12-18(17)21(22(23)24)20(19)16-10-8-7-9-15(16)3/h4-12,14H,13H2,1-3H3. The van der Waals surface area contributed by atoms with E-state index in [1.807, 2.05) is 61.5 Å². The van der Waals surface area contributed by atoms with E-state index in [-0.39, 0.29) is 10.6 Å². The highest BCUT2D eigenvalue weighted by molar-refractivity contribution is 5.96. The van der Waals surface area contributed by atoms with Crippen molar-refractivity contribution < 1.29 is 4.92 Å². The van der Waals surface area contributed by atoms with Crippen LogP contribution in [0, 0.1) is 23.0 Å². The predicted octanol–water partition coefficient (Wildman–Crippen LogP) is 5.87. The largest absolute Gasteiger partial charge is 0.285 e. The molecule has 3 nitrogen and oxygen atoms in total. The van der Waals surface area contributed by atoms with Gasteiger partial charge in [-0.3, -0.25) is 10.1 Å². The summed E-state index contributed by atoms with van der Waals surface area (Å²) in [5, 5.41) is 11.9. The maximum atomic E-state index is 11.9. The first-order valence-electron chi connectivity index (χ1n) is 8.24. The van der Waals surface area contributed by atoms with E-state index in [1.165, 1.54) is 0 Å². The number of aryl methyl sites for hydroxylation is 1. The van der Waals surface area contributed by atoms with Gasteiger partial charge in [0.1, 0.15) is 0 Å². The predicted molar refractivity (Wildman–Crippen MR) is 98.4 cm³/mol. The summed E-state index contributed by atoms with van der Waals surface area (Å²) in [7, 11) is 0. The minimum Gasteiger partial charge on any atom is -0.258 e. The highest BCUT2D eigenvalue weighted by Gasteiger charge is 2.31. The van der Waals surface area contributed by atoms with Crippen LogP contribution in [-0.2, 0) is 6.42 Å². The summed E-state index contributed by atoms with van der Waals surface area (Å²) in [6, 6.07) is 17.5. The first kappa shape index (κ1) is 16.2. The van der Waals surface area contributed by atoms with Crippen molar-refractivity contribution in [1.29, 1.82) is 0 Å². The maximum Gasteiger partial charge on any atom is 0.285 e. The Morgan fingerprint density at radius 3 is 2.12 bits per heavy atom. The molecule has 2 aliphatic carbocycles. The Balaban J connectivity index is 2.45. The minimum atomic E-state index is -0.228. The van der Waals surface area contributed by atoms with E-state index in [0.29, 0.717) is 5.92 Å². The van der Waals surface area contributed by atoms with E-state index >= 15 is 0 Å². The second kappa shape index (κ2) is 6.44. The summed E-state index contributed by atoms with van der Waals surface area (Å²) in [5.74, 6) is 0.420. The topological polar surface area (TPSA) is 43.1 Å². The normalized spacial score (nSPS) is 11.2. The van der Waals surface area contributed by atoms with Crippen molar-refractivity contribution in [2.24, 2.45) is 5.92 Å². The summed E-state index contributed by atoms with van der Waals surface area (Å²) in [6.07, 6.45) is 0.817. The van der Waals surface area contributed by atoms with Crippen molar-refractivity contribution >= 4 is 5.69 Å². The van der Waals surface area contributed by atoms with Gasteiger partial charge in [0.15, 0.2) is 0 Å². The molecule has 0 radical (unpaired) electrons. The van der Waals surface area contributed by atoms with Gasteiger partial charge in [-0.05, 0) is 47.6 Å². The molecule has 0 aliphatic heterocycles. The van der Waals surface area contributed by atoms with Crippen LogP contribution in [-0.4, -0.2) is 4.92 Å². The van der Waals surface area contributed by atoms with Crippen molar-refractivity contribution in [3.8, 4) is 22.3 Å². The Hall–Kier alpha value is -2.68. The van der Waals surface area contributed by atoms with Gasteiger partial charge in [-0.2, -0.15) is 0 Å². The molecule has 0 heterocycles. The molecule has 0 saturated carbocycles. The van der Waals surface area contributed by atoms with Crippen molar-refractivity contribution in [3.05, 3.63) is 75.8 Å². The molecule has 0 fully saturated rings. The third-order valence-corrected chi connectivity index (χ3v) is 4.37. The van der Waals surface area contributed by atoms with Gasteiger partial charge < -0.3 is 0 Å². The van der Waals surface area contributed by atoms with Gasteiger partial charge in [-0.1, -0.05) is 62.4 Å². The Morgan fingerprint density at radius 1 is 0.917 bits per heavy atom. The molecule has 1 aromatic carbocycles. The number of hydrogen-bond acceptors (Lipinski definition) is 2. The Morgan fingerprint density at radius 2 is 1.50 bits per heavy atom. The fourth-order valence-corrected chi connectivity index (χ4v) is 3.38. The quantitative estimate of drug-likeness (QED) is 0.445. The minimum absolute atomic E-state index is 0.228. The maximum absolute atomic E-state index is 11.9. The van der Waals surface area contributed by atoms with Crippen LogP contribution in [0.3, 0.4) is 0 Å². The molecule has 2 aliphatic rings. The molecule has 3 heteroatoms. The van der Waals surface area contributed by atoms with Crippen LogP contribution in [0.2, 0.25) is 0 Å². The van der Waals surface area contributed by atoms with Crippen LogP contribution >= 0.6 is 0 Å². The molecule has 0 bridgehead atoms. The molecule has 0 spiro atoms. The van der Waals surface area contributed by atoms with E-state index in [9.17, 15) is 10.1 Å². The lowest BCUT2D eigenvalue weighted by atomic mass is 9.93. The van der Waals surface area contributed by atoms with Crippen molar-refractivity contribution in [3.63, 3.8) is 0 Å². The zero-order valence-electron chi connectivity index (χ0n) is 14.2. The molecule has 1 aromatic rings. The smallest absolute Gasteiger partial charge is 0.258 e. The van der Waals surface area contributed by atoms with E-state index in [0.717, 1.165) is 39.8 Å². The summed E-state index contributed by atoms with van der Waals surface area (Å²) in [4.78, 5) is 11.7. The number of rotatable bonds is 4. The van der Waals surface area contributed by atoms with E-state index in [1.54, 1.807) is 0 Å². The molecule has 0 aromatic heterocycles. The van der Waals surface area contributed by atoms with Crippen LogP contribution in [0.5, 0.6) is 0 Å². The Bertz CT molecular complexity index is 868. The van der Waals surface area contributed by atoms with E-state index in [2.05, 4.69) is 13.8 Å². The van der Waals surface area contributed by atoms with E-state index in [4.69, 9.17) is 0 Å². The Kier molecular flexibility index (Phi) is 4.34. The summed E-state index contributed by atoms with van der Waals surface area (Å²) in [6.45, 7) is 6.31. The van der Waals surface area contributed by atoms with Crippen LogP contribution in [0.15, 0.2) is 54.6 Å². The van der Waals surface area contributed by atoms with Gasteiger partial charge in [0, 0.05) is 0 Å². The second-order valence-corrected chi connectivity index (χ2v) is 6.61. The molecule has 0 unspecified atom stereocenters. The molecule has 0 amide bonds. The molecule has 3 rings (SSSR count). The Labute approximate surface area is 142 Å². The summed E-state index contributed by atoms with van der Waals surface area (Å²) >= 11 is 0. The van der Waals surface area contributed by atoms with Crippen molar-refractivity contribution in [2.75, 3.05) is 0 Å². The molecule has 0 saturated heterocycles. The summed E-state index contributed by atoms with van der Waals surface area (Å²) in [5.41, 5.74) is 5.82. The van der Waals surface area contributed by atoms with Gasteiger partial charge in [0.05, 0.1) is 16.1 Å². The van der Waals surface area contributed by atoms with Gasteiger partial charge >= 0.3 is 0 Å².